The summed E-state index contributed by atoms with van der Waals surface area (Å²) in [5, 5.41) is 11.1. The smallest absolute Gasteiger partial charge is 0.338 e. The van der Waals surface area contributed by atoms with E-state index in [0.717, 1.165) is 42.3 Å². The predicted molar refractivity (Wildman–Crippen MR) is 111 cm³/mol. The number of esters is 1. The lowest BCUT2D eigenvalue weighted by Crippen LogP contribution is -2.29. The second-order valence-electron chi connectivity index (χ2n) is 6.92. The maximum absolute atomic E-state index is 12.1. The number of carbonyl (C=O) groups excluding carboxylic acids is 2. The van der Waals surface area contributed by atoms with Gasteiger partial charge in [-0.1, -0.05) is 55.7 Å². The zero-order chi connectivity index (χ0) is 20.5. The molecule has 7 nitrogen and oxygen atoms in total. The van der Waals surface area contributed by atoms with Gasteiger partial charge in [-0.15, -0.1) is 5.10 Å². The van der Waals surface area contributed by atoms with Crippen molar-refractivity contribution in [3.8, 4) is 0 Å². The van der Waals surface area contributed by atoms with Gasteiger partial charge in [-0.05, 0) is 36.2 Å². The Labute approximate surface area is 170 Å². The molecule has 0 atom stereocenters. The van der Waals surface area contributed by atoms with Gasteiger partial charge in [0.05, 0.1) is 17.6 Å². The minimum Gasteiger partial charge on any atom is -0.452 e. The third-order valence-electron chi connectivity index (χ3n) is 4.63. The molecular formula is C22H26N4O3. The normalized spacial score (nSPS) is 10.8. The minimum absolute atomic E-state index is 0.265. The van der Waals surface area contributed by atoms with Gasteiger partial charge < -0.3 is 10.1 Å². The molecule has 1 N–H and O–H groups in total. The Morgan fingerprint density at radius 3 is 2.62 bits per heavy atom. The first kappa shape index (κ1) is 20.5. The molecule has 0 saturated heterocycles. The molecule has 0 radical (unpaired) electrons. The van der Waals surface area contributed by atoms with E-state index < -0.39 is 5.97 Å². The van der Waals surface area contributed by atoms with Crippen LogP contribution in [0, 0.1) is 0 Å². The Morgan fingerprint density at radius 2 is 1.83 bits per heavy atom. The summed E-state index contributed by atoms with van der Waals surface area (Å²) < 4.78 is 6.91. The van der Waals surface area contributed by atoms with Crippen molar-refractivity contribution in [2.45, 2.75) is 39.2 Å². The van der Waals surface area contributed by atoms with Gasteiger partial charge in [0.1, 0.15) is 5.52 Å². The molecule has 1 amide bonds. The fourth-order valence-corrected chi connectivity index (χ4v) is 3.00. The second kappa shape index (κ2) is 10.4. The number of hydrogen-bond acceptors (Lipinski definition) is 5. The van der Waals surface area contributed by atoms with Crippen molar-refractivity contribution in [1.29, 1.82) is 0 Å². The van der Waals surface area contributed by atoms with Crippen LogP contribution in [0.3, 0.4) is 0 Å². The van der Waals surface area contributed by atoms with E-state index in [2.05, 4.69) is 22.6 Å². The van der Waals surface area contributed by atoms with E-state index >= 15 is 0 Å². The zero-order valence-corrected chi connectivity index (χ0v) is 16.6. The number of unbranched alkanes of at least 4 members (excludes halogenated alkanes) is 3. The van der Waals surface area contributed by atoms with Gasteiger partial charge in [0.2, 0.25) is 0 Å². The molecule has 0 unspecified atom stereocenters. The molecule has 0 saturated carbocycles. The number of carbonyl (C=O) groups is 2. The van der Waals surface area contributed by atoms with Crippen molar-refractivity contribution in [1.82, 2.24) is 20.3 Å². The summed E-state index contributed by atoms with van der Waals surface area (Å²) in [7, 11) is 0. The van der Waals surface area contributed by atoms with Gasteiger partial charge in [0.25, 0.3) is 5.91 Å². The van der Waals surface area contributed by atoms with Crippen molar-refractivity contribution < 1.29 is 14.3 Å². The molecule has 1 aromatic heterocycles. The Kier molecular flexibility index (Phi) is 7.33. The van der Waals surface area contributed by atoms with Crippen molar-refractivity contribution in [3.63, 3.8) is 0 Å². The second-order valence-corrected chi connectivity index (χ2v) is 6.92. The van der Waals surface area contributed by atoms with Crippen LogP contribution in [0.1, 0.15) is 48.5 Å². The third-order valence-corrected chi connectivity index (χ3v) is 4.63. The number of hydrogen-bond donors (Lipinski definition) is 1. The number of amides is 1. The predicted octanol–water partition coefficient (Wildman–Crippen LogP) is 3.33. The molecule has 0 fully saturated rings. The molecule has 7 heteroatoms. The van der Waals surface area contributed by atoms with E-state index in [1.165, 1.54) is 0 Å². The molecule has 0 aliphatic rings. The highest BCUT2D eigenvalue weighted by Crippen LogP contribution is 2.13. The molecule has 29 heavy (non-hydrogen) atoms. The van der Waals surface area contributed by atoms with Gasteiger partial charge in [-0.3, -0.25) is 4.79 Å². The number of benzene rings is 2. The first-order valence-electron chi connectivity index (χ1n) is 9.98. The van der Waals surface area contributed by atoms with Gasteiger partial charge >= 0.3 is 5.97 Å². The monoisotopic (exact) mass is 394 g/mol. The number of nitrogens with one attached hydrogen (secondary N) is 1. The molecule has 152 valence electrons. The minimum atomic E-state index is -0.510. The lowest BCUT2D eigenvalue weighted by atomic mass is 10.1. The van der Waals surface area contributed by atoms with Crippen molar-refractivity contribution in [2.75, 3.05) is 13.2 Å². The maximum atomic E-state index is 12.1. The number of aromatic nitrogens is 3. The molecule has 0 bridgehead atoms. The van der Waals surface area contributed by atoms with Crippen LogP contribution in [-0.2, 0) is 16.1 Å². The van der Waals surface area contributed by atoms with E-state index in [4.69, 9.17) is 4.74 Å². The molecular weight excluding hydrogens is 368 g/mol. The third kappa shape index (κ3) is 5.88. The molecule has 0 aliphatic heterocycles. The summed E-state index contributed by atoms with van der Waals surface area (Å²) in [6, 6.07) is 14.8. The molecule has 1 heterocycles. The fourth-order valence-electron chi connectivity index (χ4n) is 3.00. The number of fused-ring (bicyclic) bond motifs is 1. The van der Waals surface area contributed by atoms with E-state index in [1.54, 1.807) is 12.1 Å². The zero-order valence-electron chi connectivity index (χ0n) is 16.6. The number of nitrogens with zero attached hydrogens (tertiary/aromatic N) is 3. The average Bonchev–Trinajstić information content (AvgIpc) is 3.15. The Bertz CT molecular complexity index is 950. The van der Waals surface area contributed by atoms with Crippen LogP contribution in [0.2, 0.25) is 0 Å². The Morgan fingerprint density at radius 1 is 1.03 bits per heavy atom. The highest BCUT2D eigenvalue weighted by molar-refractivity contribution is 5.91. The Hall–Kier alpha value is -3.22. The molecule has 2 aromatic carbocycles. The summed E-state index contributed by atoms with van der Waals surface area (Å²) in [4.78, 5) is 23.9. The van der Waals surface area contributed by atoms with E-state index in [1.807, 2.05) is 41.1 Å². The highest BCUT2D eigenvalue weighted by atomic mass is 16.5. The summed E-state index contributed by atoms with van der Waals surface area (Å²) in [6.07, 6.45) is 4.34. The SMILES string of the molecule is CCCCCCNC(=O)COC(=O)c1ccc(Cn2nnc3ccccc32)cc1. The van der Waals surface area contributed by atoms with Gasteiger partial charge in [0.15, 0.2) is 6.61 Å². The van der Waals surface area contributed by atoms with Crippen molar-refractivity contribution in [2.24, 2.45) is 0 Å². The highest BCUT2D eigenvalue weighted by Gasteiger charge is 2.11. The maximum Gasteiger partial charge on any atom is 0.338 e. The quantitative estimate of drug-likeness (QED) is 0.421. The van der Waals surface area contributed by atoms with Gasteiger partial charge in [0, 0.05) is 6.54 Å². The van der Waals surface area contributed by atoms with E-state index in [-0.39, 0.29) is 12.5 Å². The Balaban J connectivity index is 1.47. The lowest BCUT2D eigenvalue weighted by molar-refractivity contribution is -0.124. The van der Waals surface area contributed by atoms with Crippen LogP contribution in [-0.4, -0.2) is 40.0 Å². The first-order valence-corrected chi connectivity index (χ1v) is 9.98. The lowest BCUT2D eigenvalue weighted by Gasteiger charge is -2.07. The van der Waals surface area contributed by atoms with Crippen LogP contribution < -0.4 is 5.32 Å². The number of para-hydroxylation sites is 1. The first-order chi connectivity index (χ1) is 14.2. The molecule has 3 aromatic rings. The van der Waals surface area contributed by atoms with Crippen molar-refractivity contribution in [3.05, 3.63) is 59.7 Å². The summed E-state index contributed by atoms with van der Waals surface area (Å²) in [5.74, 6) is -0.784. The van der Waals surface area contributed by atoms with Gasteiger partial charge in [-0.2, -0.15) is 0 Å². The van der Waals surface area contributed by atoms with Crippen LogP contribution in [0.5, 0.6) is 0 Å². The molecule has 0 aliphatic carbocycles. The fraction of sp³-hybridized carbons (Fsp3) is 0.364. The topological polar surface area (TPSA) is 86.1 Å². The largest absolute Gasteiger partial charge is 0.452 e. The van der Waals surface area contributed by atoms with Crippen molar-refractivity contribution >= 4 is 22.9 Å². The van der Waals surface area contributed by atoms with E-state index in [0.29, 0.717) is 18.7 Å². The molecule has 0 spiro atoms. The van der Waals surface area contributed by atoms with Crippen LogP contribution in [0.4, 0.5) is 0 Å². The van der Waals surface area contributed by atoms with E-state index in [9.17, 15) is 9.59 Å². The number of rotatable bonds is 10. The van der Waals surface area contributed by atoms with Crippen LogP contribution >= 0.6 is 0 Å². The van der Waals surface area contributed by atoms with Gasteiger partial charge in [-0.25, -0.2) is 9.48 Å². The summed E-state index contributed by atoms with van der Waals surface area (Å²) in [6.45, 7) is 3.04. The summed E-state index contributed by atoms with van der Waals surface area (Å²) in [5.41, 5.74) is 3.20. The van der Waals surface area contributed by atoms with Crippen LogP contribution in [0.25, 0.3) is 11.0 Å². The molecule has 3 rings (SSSR count). The number of ether oxygens (including phenoxy) is 1. The van der Waals surface area contributed by atoms with Crippen LogP contribution in [0.15, 0.2) is 48.5 Å². The summed E-state index contributed by atoms with van der Waals surface area (Å²) >= 11 is 0. The standard InChI is InChI=1S/C22H26N4O3/c1-2-3-4-7-14-23-21(27)16-29-22(28)18-12-10-17(11-13-18)15-26-20-9-6-5-8-19(20)24-25-26/h5-6,8-13H,2-4,7,14-16H2,1H3,(H,23,27). The average molecular weight is 394 g/mol.